The molecule has 1 aromatic rings. The maximum absolute atomic E-state index is 12.2. The Morgan fingerprint density at radius 2 is 2.27 bits per heavy atom. The van der Waals surface area contributed by atoms with Crippen LogP contribution in [0.5, 0.6) is 0 Å². The molecule has 0 radical (unpaired) electrons. The van der Waals surface area contributed by atoms with E-state index >= 15 is 0 Å². The van der Waals surface area contributed by atoms with Crippen LogP contribution in [0.15, 0.2) is 12.4 Å². The summed E-state index contributed by atoms with van der Waals surface area (Å²) < 4.78 is 6.62. The first kappa shape index (κ1) is 16.4. The zero-order valence-corrected chi connectivity index (χ0v) is 12.6. The van der Waals surface area contributed by atoms with E-state index in [0.29, 0.717) is 13.0 Å². The molecule has 1 aliphatic heterocycles. The number of carbonyl (C=O) groups excluding carboxylic acids is 1. The first-order chi connectivity index (χ1) is 10.6. The van der Waals surface area contributed by atoms with E-state index < -0.39 is 11.0 Å². The summed E-state index contributed by atoms with van der Waals surface area (Å²) in [7, 11) is 0. The molecule has 122 valence electrons. The fourth-order valence-electron chi connectivity index (χ4n) is 2.37. The number of morpholine rings is 1. The number of rotatable bonds is 7. The van der Waals surface area contributed by atoms with Crippen LogP contribution in [0.25, 0.3) is 0 Å². The van der Waals surface area contributed by atoms with Gasteiger partial charge in [-0.1, -0.05) is 6.92 Å². The van der Waals surface area contributed by atoms with Gasteiger partial charge >= 0.3 is 5.69 Å². The van der Waals surface area contributed by atoms with Gasteiger partial charge in [-0.25, -0.2) is 0 Å². The first-order valence-corrected chi connectivity index (χ1v) is 7.38. The number of aromatic nitrogens is 2. The number of nitrogens with zero attached hydrogens (tertiary/aromatic N) is 4. The van der Waals surface area contributed by atoms with E-state index in [1.54, 1.807) is 0 Å². The Balaban J connectivity index is 1.84. The predicted octanol–water partition coefficient (Wildman–Crippen LogP) is 0.191. The fraction of sp³-hybridized carbons (Fsp3) is 0.692. The standard InChI is InChI=1S/C13H21N5O4/c1-2-12(17-10-11(9-15-17)18(20)21)13(19)14-3-4-16-5-7-22-8-6-16/h9-10,12H,2-8H2,1H3,(H,14,19). The Bertz CT molecular complexity index is 512. The molecule has 0 aliphatic carbocycles. The van der Waals surface area contributed by atoms with Gasteiger partial charge in [0, 0.05) is 26.2 Å². The van der Waals surface area contributed by atoms with Crippen molar-refractivity contribution in [2.45, 2.75) is 19.4 Å². The lowest BCUT2D eigenvalue weighted by Crippen LogP contribution is -2.42. The van der Waals surface area contributed by atoms with Gasteiger partial charge in [0.1, 0.15) is 18.4 Å². The number of hydrogen-bond donors (Lipinski definition) is 1. The van der Waals surface area contributed by atoms with E-state index in [4.69, 9.17) is 4.74 Å². The van der Waals surface area contributed by atoms with Gasteiger partial charge in [0.25, 0.3) is 0 Å². The average Bonchev–Trinajstić information content (AvgIpc) is 2.99. The Hall–Kier alpha value is -2.00. The summed E-state index contributed by atoms with van der Waals surface area (Å²) >= 11 is 0. The number of nitrogens with one attached hydrogen (secondary N) is 1. The summed E-state index contributed by atoms with van der Waals surface area (Å²) in [5.74, 6) is -0.172. The number of nitro groups is 1. The highest BCUT2D eigenvalue weighted by atomic mass is 16.6. The van der Waals surface area contributed by atoms with Crippen LogP contribution in [0.1, 0.15) is 19.4 Å². The van der Waals surface area contributed by atoms with Crippen molar-refractivity contribution in [3.63, 3.8) is 0 Å². The number of carbonyl (C=O) groups is 1. The van der Waals surface area contributed by atoms with Gasteiger partial charge < -0.3 is 10.1 Å². The van der Waals surface area contributed by atoms with Crippen LogP contribution in [0.4, 0.5) is 5.69 Å². The molecule has 1 amide bonds. The van der Waals surface area contributed by atoms with Gasteiger partial charge in [-0.15, -0.1) is 0 Å². The van der Waals surface area contributed by atoms with Gasteiger partial charge in [0.15, 0.2) is 0 Å². The molecular weight excluding hydrogens is 290 g/mol. The second kappa shape index (κ2) is 7.85. The van der Waals surface area contributed by atoms with Crippen LogP contribution >= 0.6 is 0 Å². The van der Waals surface area contributed by atoms with Gasteiger partial charge in [0.2, 0.25) is 5.91 Å². The van der Waals surface area contributed by atoms with Crippen LogP contribution in [0.2, 0.25) is 0 Å². The summed E-state index contributed by atoms with van der Waals surface area (Å²) in [6.07, 6.45) is 2.96. The molecule has 2 rings (SSSR count). The highest BCUT2D eigenvalue weighted by molar-refractivity contribution is 5.80. The largest absolute Gasteiger partial charge is 0.379 e. The SMILES string of the molecule is CCC(C(=O)NCCN1CCOCC1)n1cc([N+](=O)[O-])cn1. The van der Waals surface area contributed by atoms with E-state index in [1.807, 2.05) is 6.92 Å². The topological polar surface area (TPSA) is 103 Å². The van der Waals surface area contributed by atoms with Gasteiger partial charge in [-0.05, 0) is 6.42 Å². The number of ether oxygens (including phenoxy) is 1. The molecule has 1 atom stereocenters. The molecule has 1 aromatic heterocycles. The Kier molecular flexibility index (Phi) is 5.84. The third-order valence-electron chi connectivity index (χ3n) is 3.64. The fourth-order valence-corrected chi connectivity index (χ4v) is 2.37. The van der Waals surface area contributed by atoms with Crippen LogP contribution in [0, 0.1) is 10.1 Å². The van der Waals surface area contributed by atoms with E-state index in [1.165, 1.54) is 10.9 Å². The van der Waals surface area contributed by atoms with Gasteiger partial charge in [-0.3, -0.25) is 24.5 Å². The van der Waals surface area contributed by atoms with Crippen molar-refractivity contribution in [1.82, 2.24) is 20.0 Å². The molecule has 9 heteroatoms. The Morgan fingerprint density at radius 3 is 2.86 bits per heavy atom. The average molecular weight is 311 g/mol. The highest BCUT2D eigenvalue weighted by Crippen LogP contribution is 2.15. The minimum Gasteiger partial charge on any atom is -0.379 e. The third-order valence-corrected chi connectivity index (χ3v) is 3.64. The Morgan fingerprint density at radius 1 is 1.55 bits per heavy atom. The van der Waals surface area contributed by atoms with Crippen molar-refractivity contribution in [1.29, 1.82) is 0 Å². The van der Waals surface area contributed by atoms with Crippen molar-refractivity contribution in [3.8, 4) is 0 Å². The monoisotopic (exact) mass is 311 g/mol. The second-order valence-corrected chi connectivity index (χ2v) is 5.10. The van der Waals surface area contributed by atoms with Crippen LogP contribution in [0.3, 0.4) is 0 Å². The molecule has 0 saturated carbocycles. The summed E-state index contributed by atoms with van der Waals surface area (Å²) in [6, 6.07) is -0.529. The molecule has 1 unspecified atom stereocenters. The molecule has 0 aromatic carbocycles. The molecule has 0 spiro atoms. The van der Waals surface area contributed by atoms with Gasteiger partial charge in [0.05, 0.1) is 18.1 Å². The molecule has 22 heavy (non-hydrogen) atoms. The maximum Gasteiger partial charge on any atom is 0.307 e. The normalized spacial score (nSPS) is 17.1. The molecule has 9 nitrogen and oxygen atoms in total. The number of hydrogen-bond acceptors (Lipinski definition) is 6. The van der Waals surface area contributed by atoms with E-state index in [0.717, 1.165) is 39.0 Å². The van der Waals surface area contributed by atoms with Crippen molar-refractivity contribution in [3.05, 3.63) is 22.5 Å². The predicted molar refractivity (Wildman–Crippen MR) is 78.5 cm³/mol. The van der Waals surface area contributed by atoms with Crippen LogP contribution in [-0.2, 0) is 9.53 Å². The first-order valence-electron chi connectivity index (χ1n) is 7.38. The van der Waals surface area contributed by atoms with E-state index in [2.05, 4.69) is 15.3 Å². The molecule has 1 saturated heterocycles. The van der Waals surface area contributed by atoms with Crippen molar-refractivity contribution >= 4 is 11.6 Å². The zero-order chi connectivity index (χ0) is 15.9. The lowest BCUT2D eigenvalue weighted by molar-refractivity contribution is -0.385. The summed E-state index contributed by atoms with van der Waals surface area (Å²) in [5.41, 5.74) is -0.112. The third kappa shape index (κ3) is 4.25. The molecular formula is C13H21N5O4. The van der Waals surface area contributed by atoms with Crippen molar-refractivity contribution in [2.24, 2.45) is 0 Å². The van der Waals surface area contributed by atoms with E-state index in [-0.39, 0.29) is 11.6 Å². The Labute approximate surface area is 128 Å². The minimum atomic E-state index is -0.529. The summed E-state index contributed by atoms with van der Waals surface area (Å²) in [5, 5.41) is 17.5. The van der Waals surface area contributed by atoms with Gasteiger partial charge in [-0.2, -0.15) is 5.10 Å². The summed E-state index contributed by atoms with van der Waals surface area (Å²) in [6.45, 7) is 6.35. The molecule has 2 heterocycles. The van der Waals surface area contributed by atoms with Crippen LogP contribution in [-0.4, -0.2) is 64.9 Å². The smallest absolute Gasteiger partial charge is 0.307 e. The molecule has 1 fully saturated rings. The van der Waals surface area contributed by atoms with Crippen LogP contribution < -0.4 is 5.32 Å². The van der Waals surface area contributed by atoms with Crippen molar-refractivity contribution in [2.75, 3.05) is 39.4 Å². The lowest BCUT2D eigenvalue weighted by atomic mass is 10.2. The minimum absolute atomic E-state index is 0.112. The highest BCUT2D eigenvalue weighted by Gasteiger charge is 2.21. The summed E-state index contributed by atoms with van der Waals surface area (Å²) in [4.78, 5) is 24.6. The maximum atomic E-state index is 12.2. The quantitative estimate of drug-likeness (QED) is 0.569. The second-order valence-electron chi connectivity index (χ2n) is 5.10. The van der Waals surface area contributed by atoms with Crippen molar-refractivity contribution < 1.29 is 14.5 Å². The molecule has 0 bridgehead atoms. The van der Waals surface area contributed by atoms with E-state index in [9.17, 15) is 14.9 Å². The lowest BCUT2D eigenvalue weighted by Gasteiger charge is -2.26. The molecule has 1 N–H and O–H groups in total. The zero-order valence-electron chi connectivity index (χ0n) is 12.6. The molecule has 1 aliphatic rings. The number of amides is 1.